The Kier molecular flexibility index (Phi) is 10.4. The van der Waals surface area contributed by atoms with E-state index in [9.17, 15) is 34.2 Å². The number of carbonyl (C=O) groups excluding carboxylic acids is 4. The Morgan fingerprint density at radius 2 is 1.71 bits per heavy atom. The summed E-state index contributed by atoms with van der Waals surface area (Å²) in [7, 11) is 0. The molecule has 284 valence electrons. The number of fused-ring (bicyclic) bond motifs is 1. The molecule has 5 amide bonds. The summed E-state index contributed by atoms with van der Waals surface area (Å²) in [4.78, 5) is 69.2. The molecule has 0 radical (unpaired) electrons. The summed E-state index contributed by atoms with van der Waals surface area (Å²) in [5.41, 5.74) is 2.01. The number of aromatic carboxylic acids is 1. The highest BCUT2D eigenvalue weighted by atomic mass is 35.5. The molecule has 2 unspecified atom stereocenters. The number of tetrazole rings is 1. The summed E-state index contributed by atoms with van der Waals surface area (Å²) in [5, 5.41) is 41.7. The van der Waals surface area contributed by atoms with Crippen LogP contribution in [0.1, 0.15) is 35.3 Å². The second kappa shape index (κ2) is 15.5. The monoisotopic (exact) mass is 770 g/mol. The number of carbonyl (C=O) groups is 5. The van der Waals surface area contributed by atoms with Gasteiger partial charge in [0.15, 0.2) is 0 Å². The van der Waals surface area contributed by atoms with Crippen LogP contribution in [0.25, 0.3) is 16.6 Å². The molecule has 7 rings (SSSR count). The van der Waals surface area contributed by atoms with Gasteiger partial charge in [0.1, 0.15) is 18.1 Å². The molecule has 4 heterocycles. The molecule has 2 aliphatic heterocycles. The molecule has 0 saturated carbocycles. The smallest absolute Gasteiger partial charge is 0.352 e. The molecule has 3 aromatic carbocycles. The third-order valence-electron chi connectivity index (χ3n) is 9.55. The predicted molar refractivity (Wildman–Crippen MR) is 198 cm³/mol. The zero-order valence-corrected chi connectivity index (χ0v) is 29.7. The van der Waals surface area contributed by atoms with Crippen molar-refractivity contribution >= 4 is 69.3 Å². The van der Waals surface area contributed by atoms with Crippen LogP contribution in [-0.4, -0.2) is 107 Å². The maximum Gasteiger partial charge on any atom is 0.352 e. The molecule has 2 saturated heterocycles. The summed E-state index contributed by atoms with van der Waals surface area (Å²) < 4.78 is 7.10. The van der Waals surface area contributed by atoms with E-state index in [0.29, 0.717) is 72.5 Å². The summed E-state index contributed by atoms with van der Waals surface area (Å²) in [6.07, 6.45) is 2.58. The summed E-state index contributed by atoms with van der Waals surface area (Å²) in [5.74, 6) is -4.02. The Morgan fingerprint density at radius 3 is 2.40 bits per heavy atom. The average Bonchev–Trinajstić information content (AvgIpc) is 3.93. The van der Waals surface area contributed by atoms with E-state index in [0.717, 1.165) is 0 Å². The third-order valence-corrected chi connectivity index (χ3v) is 9.78. The van der Waals surface area contributed by atoms with E-state index >= 15 is 0 Å². The van der Waals surface area contributed by atoms with Gasteiger partial charge in [0.05, 0.1) is 29.7 Å². The van der Waals surface area contributed by atoms with E-state index < -0.39 is 35.8 Å². The fraction of sp³-hybridized carbons (Fsp3) is 0.278. The molecule has 7 N–H and O–H groups in total. The van der Waals surface area contributed by atoms with Crippen molar-refractivity contribution in [2.24, 2.45) is 0 Å². The highest BCUT2D eigenvalue weighted by Gasteiger charge is 2.43. The highest BCUT2D eigenvalue weighted by molar-refractivity contribution is 6.40. The SMILES string of the molecule is O=C(Nc1cc(Cl)ccc1-n1cnnn1)C(=O)NC(Cc1ccc(NC(=O)N2CCC3(CC2)CC(O)CO3)cc1)C(=O)Nc1ccc2[nH]c(C(=O)O)cc2c1. The topological polar surface area (TPSA) is 246 Å². The van der Waals surface area contributed by atoms with Gasteiger partial charge in [-0.15, -0.1) is 5.10 Å². The van der Waals surface area contributed by atoms with Gasteiger partial charge in [-0.25, -0.2) is 9.59 Å². The number of amides is 5. The van der Waals surface area contributed by atoms with Crippen molar-refractivity contribution in [1.29, 1.82) is 0 Å². The number of hydrogen-bond donors (Lipinski definition) is 7. The largest absolute Gasteiger partial charge is 0.477 e. The van der Waals surface area contributed by atoms with E-state index in [4.69, 9.17) is 16.3 Å². The number of halogens is 1. The van der Waals surface area contributed by atoms with Gasteiger partial charge in [-0.1, -0.05) is 23.7 Å². The van der Waals surface area contributed by atoms with Gasteiger partial charge in [-0.05, 0) is 83.4 Å². The zero-order valence-electron chi connectivity index (χ0n) is 29.0. The molecule has 18 nitrogen and oxygen atoms in total. The van der Waals surface area contributed by atoms with Gasteiger partial charge in [-0.2, -0.15) is 4.68 Å². The van der Waals surface area contributed by atoms with Crippen LogP contribution in [0, 0.1) is 0 Å². The maximum atomic E-state index is 13.7. The minimum absolute atomic E-state index is 0.0269. The lowest BCUT2D eigenvalue weighted by Crippen LogP contribution is -2.49. The Morgan fingerprint density at radius 1 is 0.945 bits per heavy atom. The lowest BCUT2D eigenvalue weighted by atomic mass is 9.88. The minimum atomic E-state index is -1.27. The van der Waals surface area contributed by atoms with Crippen molar-refractivity contribution in [3.8, 4) is 5.69 Å². The van der Waals surface area contributed by atoms with Gasteiger partial charge >= 0.3 is 23.8 Å². The van der Waals surface area contributed by atoms with Crippen LogP contribution in [0.15, 0.2) is 73.1 Å². The number of benzene rings is 3. The molecule has 0 aliphatic carbocycles. The van der Waals surface area contributed by atoms with Crippen molar-refractivity contribution in [1.82, 2.24) is 35.4 Å². The summed E-state index contributed by atoms with van der Waals surface area (Å²) >= 11 is 6.16. The number of hydrogen-bond acceptors (Lipinski definition) is 10. The molecule has 2 fully saturated rings. The van der Waals surface area contributed by atoms with Crippen LogP contribution in [-0.2, 0) is 25.5 Å². The van der Waals surface area contributed by atoms with Crippen molar-refractivity contribution in [3.05, 3.63) is 89.3 Å². The molecule has 2 atom stereocenters. The first kappa shape index (κ1) is 37.0. The van der Waals surface area contributed by atoms with Crippen molar-refractivity contribution in [2.75, 3.05) is 35.6 Å². The van der Waals surface area contributed by atoms with Crippen molar-refractivity contribution < 1.29 is 38.9 Å². The summed E-state index contributed by atoms with van der Waals surface area (Å²) in [6.45, 7) is 1.27. The van der Waals surface area contributed by atoms with Crippen LogP contribution in [0.5, 0.6) is 0 Å². The second-order valence-electron chi connectivity index (χ2n) is 13.3. The molecule has 2 aliphatic rings. The first-order valence-corrected chi connectivity index (χ1v) is 17.6. The van der Waals surface area contributed by atoms with Crippen LogP contribution >= 0.6 is 11.6 Å². The number of nitrogens with zero attached hydrogens (tertiary/aromatic N) is 5. The van der Waals surface area contributed by atoms with E-state index in [1.165, 1.54) is 23.1 Å². The van der Waals surface area contributed by atoms with E-state index in [1.807, 2.05) is 0 Å². The number of aliphatic hydroxyl groups excluding tert-OH is 1. The highest BCUT2D eigenvalue weighted by Crippen LogP contribution is 2.36. The van der Waals surface area contributed by atoms with E-state index in [1.54, 1.807) is 59.5 Å². The standard InChI is InChI=1S/C36H35ClN10O8/c37-22-3-8-30(47-19-38-44-45-47)27(16-22)42-32(50)33(51)43-28(31(49)39-24-6-7-26-21(14-24)15-29(41-26)34(52)53)13-20-1-4-23(5-2-20)40-35(54)46-11-9-36(10-12-46)17-25(48)18-55-36/h1-8,14-16,19,25,28,41,48H,9-13,17-18H2,(H,39,49)(H,40,54)(H,42,50)(H,43,51)(H,52,53). The number of H-pyrrole nitrogens is 1. The first-order chi connectivity index (χ1) is 26.4. The van der Waals surface area contributed by atoms with Gasteiger partial charge in [0.25, 0.3) is 0 Å². The number of ether oxygens (including phenoxy) is 1. The van der Waals surface area contributed by atoms with E-state index in [-0.39, 0.29) is 34.5 Å². The number of piperidine rings is 1. The number of urea groups is 1. The molecule has 5 aromatic rings. The Bertz CT molecular complexity index is 2250. The molecule has 1 spiro atoms. The molecule has 0 bridgehead atoms. The second-order valence-corrected chi connectivity index (χ2v) is 13.8. The number of anilines is 3. The Labute approximate surface area is 317 Å². The molecule has 19 heteroatoms. The van der Waals surface area contributed by atoms with E-state index in [2.05, 4.69) is 41.8 Å². The lowest BCUT2D eigenvalue weighted by Gasteiger charge is -2.38. The van der Waals surface area contributed by atoms with Crippen molar-refractivity contribution in [2.45, 2.75) is 43.4 Å². The number of carboxylic acids is 1. The molecular formula is C36H35ClN10O8. The van der Waals surface area contributed by atoms with Crippen LogP contribution in [0.4, 0.5) is 21.9 Å². The number of aromatic nitrogens is 5. The summed E-state index contributed by atoms with van der Waals surface area (Å²) in [6, 6.07) is 15.8. The number of rotatable bonds is 9. The molecule has 2 aromatic heterocycles. The Balaban J connectivity index is 1.04. The average molecular weight is 771 g/mol. The normalized spacial score (nSPS) is 16.8. The maximum absolute atomic E-state index is 13.7. The van der Waals surface area contributed by atoms with Crippen LogP contribution in [0.3, 0.4) is 0 Å². The van der Waals surface area contributed by atoms with Crippen LogP contribution < -0.4 is 21.3 Å². The first-order valence-electron chi connectivity index (χ1n) is 17.2. The number of likely N-dealkylation sites (tertiary alicyclic amines) is 1. The third kappa shape index (κ3) is 8.56. The van der Waals surface area contributed by atoms with Gasteiger partial charge in [0, 0.05) is 53.2 Å². The van der Waals surface area contributed by atoms with Crippen LogP contribution in [0.2, 0.25) is 5.02 Å². The Hall–Kier alpha value is -6.37. The van der Waals surface area contributed by atoms with Gasteiger partial charge in [-0.3, -0.25) is 14.4 Å². The quantitative estimate of drug-likeness (QED) is 0.107. The van der Waals surface area contributed by atoms with Gasteiger partial charge in [0.2, 0.25) is 5.91 Å². The lowest BCUT2D eigenvalue weighted by molar-refractivity contribution is -0.137. The zero-order chi connectivity index (χ0) is 38.7. The minimum Gasteiger partial charge on any atom is -0.477 e. The fourth-order valence-electron chi connectivity index (χ4n) is 6.70. The number of carboxylic acid groups (broad SMARTS) is 1. The number of nitrogens with one attached hydrogen (secondary N) is 5. The van der Waals surface area contributed by atoms with Gasteiger partial charge < -0.3 is 46.1 Å². The molecular weight excluding hydrogens is 736 g/mol. The molecule has 55 heavy (non-hydrogen) atoms. The van der Waals surface area contributed by atoms with Crippen molar-refractivity contribution in [3.63, 3.8) is 0 Å². The number of aromatic amines is 1. The predicted octanol–water partition coefficient (Wildman–Crippen LogP) is 2.95. The fourth-order valence-corrected chi connectivity index (χ4v) is 6.87. The number of aliphatic hydroxyl groups is 1.